The molecule has 18 heavy (non-hydrogen) atoms. The molecule has 0 N–H and O–H groups in total. The summed E-state index contributed by atoms with van der Waals surface area (Å²) >= 11 is 0. The number of carboxylic acids is 2. The Morgan fingerprint density at radius 3 is 2.06 bits per heavy atom. The van der Waals surface area contributed by atoms with Gasteiger partial charge >= 0.3 is 0 Å². The lowest BCUT2D eigenvalue weighted by molar-refractivity contribution is -0.329. The molecule has 4 heteroatoms. The van der Waals surface area contributed by atoms with Crippen LogP contribution >= 0.6 is 0 Å². The summed E-state index contributed by atoms with van der Waals surface area (Å²) in [6.07, 6.45) is 3.59. The van der Waals surface area contributed by atoms with Crippen LogP contribution in [0.25, 0.3) is 0 Å². The third kappa shape index (κ3) is 2.81. The quantitative estimate of drug-likeness (QED) is 0.655. The standard InChI is InChI=1S/C14H20O4/c1-7(2)5-10-6-8(3)9(4)11(13(15)16)12(10)14(17)18/h5-6,9-12H,1-4H3,(H,15,16)(H,17,18)/p-2/t9-,10+,11-,12+/m0/s1. The molecule has 0 radical (unpaired) electrons. The lowest BCUT2D eigenvalue weighted by atomic mass is 9.67. The highest BCUT2D eigenvalue weighted by atomic mass is 16.4. The summed E-state index contributed by atoms with van der Waals surface area (Å²) in [6.45, 7) is 7.22. The van der Waals surface area contributed by atoms with Crippen LogP contribution in [-0.4, -0.2) is 11.9 Å². The first-order valence-electron chi connectivity index (χ1n) is 6.00. The highest BCUT2D eigenvalue weighted by molar-refractivity contribution is 5.80. The van der Waals surface area contributed by atoms with Crippen molar-refractivity contribution in [2.75, 3.05) is 0 Å². The highest BCUT2D eigenvalue weighted by Gasteiger charge is 2.37. The smallest absolute Gasteiger partial charge is 0.0461 e. The van der Waals surface area contributed by atoms with E-state index < -0.39 is 29.7 Å². The van der Waals surface area contributed by atoms with Crippen molar-refractivity contribution in [2.45, 2.75) is 27.7 Å². The Bertz CT molecular complexity index is 416. The lowest BCUT2D eigenvalue weighted by Crippen LogP contribution is -2.50. The van der Waals surface area contributed by atoms with Crippen molar-refractivity contribution in [2.24, 2.45) is 23.7 Å². The maximum Gasteiger partial charge on any atom is 0.0461 e. The molecule has 4 nitrogen and oxygen atoms in total. The minimum Gasteiger partial charge on any atom is -0.550 e. The molecule has 4 atom stereocenters. The Balaban J connectivity index is 3.29. The largest absolute Gasteiger partial charge is 0.550 e. The summed E-state index contributed by atoms with van der Waals surface area (Å²) < 4.78 is 0. The number of carbonyl (C=O) groups is 2. The molecular formula is C14H18O4-2. The molecule has 0 fully saturated rings. The second kappa shape index (κ2) is 5.38. The topological polar surface area (TPSA) is 80.3 Å². The van der Waals surface area contributed by atoms with Crippen LogP contribution in [0.5, 0.6) is 0 Å². The molecule has 0 bridgehead atoms. The number of allylic oxidation sites excluding steroid dienone is 4. The molecule has 1 rings (SSSR count). The zero-order valence-electron chi connectivity index (χ0n) is 11.1. The summed E-state index contributed by atoms with van der Waals surface area (Å²) in [5, 5.41) is 22.5. The first kappa shape index (κ1) is 14.5. The van der Waals surface area contributed by atoms with Crippen LogP contribution < -0.4 is 10.2 Å². The molecule has 0 heterocycles. The fraction of sp³-hybridized carbons (Fsp3) is 0.571. The van der Waals surface area contributed by atoms with Crippen molar-refractivity contribution in [3.63, 3.8) is 0 Å². The van der Waals surface area contributed by atoms with Crippen LogP contribution in [0.2, 0.25) is 0 Å². The van der Waals surface area contributed by atoms with Gasteiger partial charge in [0, 0.05) is 29.7 Å². The lowest BCUT2D eigenvalue weighted by Gasteiger charge is -2.41. The molecule has 0 saturated heterocycles. The van der Waals surface area contributed by atoms with Crippen molar-refractivity contribution in [3.8, 4) is 0 Å². The predicted molar refractivity (Wildman–Crippen MR) is 62.8 cm³/mol. The van der Waals surface area contributed by atoms with Gasteiger partial charge in [-0.3, -0.25) is 0 Å². The SMILES string of the molecule is CC(C)=C[C@@H]1C=C(C)[C@H](C)[C@H](C(=O)[O-])[C@@H]1C(=O)[O-]. The number of aliphatic carboxylic acids is 2. The molecule has 1 aliphatic rings. The van der Waals surface area contributed by atoms with Crippen LogP contribution in [0, 0.1) is 23.7 Å². The van der Waals surface area contributed by atoms with Gasteiger partial charge in [-0.15, -0.1) is 0 Å². The van der Waals surface area contributed by atoms with Crippen molar-refractivity contribution >= 4 is 11.9 Å². The van der Waals surface area contributed by atoms with Gasteiger partial charge in [-0.05, 0) is 26.7 Å². The van der Waals surface area contributed by atoms with Gasteiger partial charge in [-0.2, -0.15) is 0 Å². The number of carbonyl (C=O) groups excluding carboxylic acids is 2. The van der Waals surface area contributed by atoms with E-state index in [1.54, 1.807) is 13.0 Å². The van der Waals surface area contributed by atoms with Gasteiger partial charge in [0.15, 0.2) is 0 Å². The Morgan fingerprint density at radius 2 is 1.67 bits per heavy atom. The van der Waals surface area contributed by atoms with E-state index in [9.17, 15) is 19.8 Å². The van der Waals surface area contributed by atoms with Gasteiger partial charge in [-0.1, -0.05) is 30.2 Å². The molecule has 100 valence electrons. The molecule has 0 amide bonds. The Morgan fingerprint density at radius 1 is 1.17 bits per heavy atom. The highest BCUT2D eigenvalue weighted by Crippen LogP contribution is 2.38. The second-order valence-corrected chi connectivity index (χ2v) is 5.21. The third-order valence-corrected chi connectivity index (χ3v) is 3.58. The molecule has 0 unspecified atom stereocenters. The molecule has 0 saturated carbocycles. The van der Waals surface area contributed by atoms with E-state index in [4.69, 9.17) is 0 Å². The van der Waals surface area contributed by atoms with E-state index in [-0.39, 0.29) is 5.92 Å². The van der Waals surface area contributed by atoms with Crippen LogP contribution in [0.4, 0.5) is 0 Å². The van der Waals surface area contributed by atoms with Crippen LogP contribution in [-0.2, 0) is 9.59 Å². The summed E-state index contributed by atoms with van der Waals surface area (Å²) in [5.74, 6) is -5.55. The van der Waals surface area contributed by atoms with Crippen molar-refractivity contribution < 1.29 is 19.8 Å². The monoisotopic (exact) mass is 250 g/mol. The number of carboxylic acid groups (broad SMARTS) is 2. The van der Waals surface area contributed by atoms with E-state index >= 15 is 0 Å². The first-order valence-corrected chi connectivity index (χ1v) is 6.00. The zero-order chi connectivity index (χ0) is 14.0. The van der Waals surface area contributed by atoms with Gasteiger partial charge in [0.2, 0.25) is 0 Å². The zero-order valence-corrected chi connectivity index (χ0v) is 11.1. The summed E-state index contributed by atoms with van der Waals surface area (Å²) in [5.41, 5.74) is 1.83. The molecule has 0 aromatic heterocycles. The molecule has 0 aromatic rings. The van der Waals surface area contributed by atoms with E-state index in [0.29, 0.717) is 0 Å². The third-order valence-electron chi connectivity index (χ3n) is 3.58. The Hall–Kier alpha value is -1.58. The average Bonchev–Trinajstić information content (AvgIpc) is 2.20. The number of hydrogen-bond acceptors (Lipinski definition) is 4. The Kier molecular flexibility index (Phi) is 4.33. The second-order valence-electron chi connectivity index (χ2n) is 5.21. The normalized spacial score (nSPS) is 31.4. The number of hydrogen-bond donors (Lipinski definition) is 0. The van der Waals surface area contributed by atoms with Gasteiger partial charge < -0.3 is 19.8 Å². The molecule has 1 aliphatic carbocycles. The summed E-state index contributed by atoms with van der Waals surface area (Å²) in [7, 11) is 0. The molecule has 0 aliphatic heterocycles. The summed E-state index contributed by atoms with van der Waals surface area (Å²) in [6, 6.07) is 0. The number of rotatable bonds is 3. The van der Waals surface area contributed by atoms with Gasteiger partial charge in [-0.25, -0.2) is 0 Å². The van der Waals surface area contributed by atoms with Gasteiger partial charge in [0.1, 0.15) is 0 Å². The van der Waals surface area contributed by atoms with Crippen LogP contribution in [0.1, 0.15) is 27.7 Å². The fourth-order valence-electron chi connectivity index (χ4n) is 2.58. The van der Waals surface area contributed by atoms with Crippen LogP contribution in [0.15, 0.2) is 23.3 Å². The van der Waals surface area contributed by atoms with E-state index in [2.05, 4.69) is 0 Å². The van der Waals surface area contributed by atoms with E-state index in [1.807, 2.05) is 26.8 Å². The predicted octanol–water partition coefficient (Wildman–Crippen LogP) is -0.103. The van der Waals surface area contributed by atoms with E-state index in [0.717, 1.165) is 11.1 Å². The van der Waals surface area contributed by atoms with Gasteiger partial charge in [0.05, 0.1) is 0 Å². The molecular weight excluding hydrogens is 232 g/mol. The van der Waals surface area contributed by atoms with Crippen molar-refractivity contribution in [1.29, 1.82) is 0 Å². The molecule has 0 spiro atoms. The fourth-order valence-corrected chi connectivity index (χ4v) is 2.58. The van der Waals surface area contributed by atoms with E-state index in [1.165, 1.54) is 0 Å². The van der Waals surface area contributed by atoms with Crippen molar-refractivity contribution in [3.05, 3.63) is 23.3 Å². The minimum absolute atomic E-state index is 0.347. The first-order chi connectivity index (χ1) is 8.25. The average molecular weight is 250 g/mol. The summed E-state index contributed by atoms with van der Waals surface area (Å²) in [4.78, 5) is 22.5. The minimum atomic E-state index is -1.33. The van der Waals surface area contributed by atoms with Gasteiger partial charge in [0.25, 0.3) is 0 Å². The van der Waals surface area contributed by atoms with Crippen molar-refractivity contribution in [1.82, 2.24) is 0 Å². The maximum atomic E-state index is 11.3. The maximum absolute atomic E-state index is 11.3. The molecule has 0 aromatic carbocycles. The van der Waals surface area contributed by atoms with Crippen LogP contribution in [0.3, 0.4) is 0 Å². The Labute approximate surface area is 107 Å².